The number of benzene rings is 2. The summed E-state index contributed by atoms with van der Waals surface area (Å²) >= 11 is 0. The lowest BCUT2D eigenvalue weighted by molar-refractivity contribution is 0.230. The zero-order valence-corrected chi connectivity index (χ0v) is 14.4. The van der Waals surface area contributed by atoms with Gasteiger partial charge in [0.05, 0.1) is 5.69 Å². The van der Waals surface area contributed by atoms with Gasteiger partial charge in [0.25, 0.3) is 0 Å². The zero-order chi connectivity index (χ0) is 18.3. The average molecular weight is 355 g/mol. The number of rotatable bonds is 3. The predicted molar refractivity (Wildman–Crippen MR) is 98.7 cm³/mol. The Balaban J connectivity index is 1.58. The van der Waals surface area contributed by atoms with Gasteiger partial charge < -0.3 is 0 Å². The minimum absolute atomic E-state index is 0.176. The molecular weight excluding hydrogens is 335 g/mol. The second kappa shape index (κ2) is 6.75. The third-order valence-electron chi connectivity index (χ3n) is 5.55. The van der Waals surface area contributed by atoms with Crippen molar-refractivity contribution in [1.29, 1.82) is 0 Å². The first-order chi connectivity index (χ1) is 12.5. The van der Waals surface area contributed by atoms with Gasteiger partial charge in [-0.3, -0.25) is 4.99 Å². The van der Waals surface area contributed by atoms with Crippen LogP contribution in [0, 0.1) is 17.6 Å². The van der Waals surface area contributed by atoms with Crippen molar-refractivity contribution >= 4 is 17.5 Å². The predicted octanol–water partition coefficient (Wildman–Crippen LogP) is 6.35. The van der Waals surface area contributed by atoms with Gasteiger partial charge in [-0.2, -0.15) is 0 Å². The summed E-state index contributed by atoms with van der Waals surface area (Å²) in [4.78, 5) is 4.47. The van der Waals surface area contributed by atoms with Crippen LogP contribution in [0.15, 0.2) is 48.0 Å². The topological polar surface area (TPSA) is 12.4 Å². The highest BCUT2D eigenvalue weighted by molar-refractivity contribution is 5.85. The molecule has 0 saturated heterocycles. The molecule has 0 bridgehead atoms. The van der Waals surface area contributed by atoms with Crippen LogP contribution in [0.25, 0.3) is 5.57 Å². The van der Waals surface area contributed by atoms with Crippen molar-refractivity contribution in [3.63, 3.8) is 0 Å². The van der Waals surface area contributed by atoms with E-state index < -0.39 is 17.8 Å². The zero-order valence-electron chi connectivity index (χ0n) is 14.4. The molecule has 1 fully saturated rings. The maximum Gasteiger partial charge on any atom is 0.159 e. The van der Waals surface area contributed by atoms with Crippen molar-refractivity contribution in [2.24, 2.45) is 10.9 Å². The van der Waals surface area contributed by atoms with E-state index in [9.17, 15) is 13.2 Å². The van der Waals surface area contributed by atoms with E-state index >= 15 is 0 Å². The monoisotopic (exact) mass is 355 g/mol. The van der Waals surface area contributed by atoms with Gasteiger partial charge in [0, 0.05) is 12.1 Å². The van der Waals surface area contributed by atoms with E-state index in [2.05, 4.69) is 11.6 Å². The Morgan fingerprint density at radius 2 is 1.73 bits per heavy atom. The number of hydrogen-bond acceptors (Lipinski definition) is 1. The van der Waals surface area contributed by atoms with Gasteiger partial charge >= 0.3 is 0 Å². The molecule has 4 heteroatoms. The summed E-state index contributed by atoms with van der Waals surface area (Å²) in [5.74, 6) is -1.56. The summed E-state index contributed by atoms with van der Waals surface area (Å²) < 4.78 is 40.1. The largest absolute Gasteiger partial charge is 0.260 e. The van der Waals surface area contributed by atoms with Crippen molar-refractivity contribution in [1.82, 2.24) is 0 Å². The number of nitrogens with zero attached hydrogens (tertiary/aromatic N) is 1. The summed E-state index contributed by atoms with van der Waals surface area (Å²) in [6.07, 6.45) is 3.95. The maximum absolute atomic E-state index is 13.6. The van der Waals surface area contributed by atoms with E-state index in [1.165, 1.54) is 6.07 Å². The number of fused-ring (bicyclic) bond motifs is 1. The molecule has 1 aliphatic carbocycles. The van der Waals surface area contributed by atoms with Gasteiger partial charge in [-0.15, -0.1) is 0 Å². The molecule has 134 valence electrons. The first-order valence-electron chi connectivity index (χ1n) is 8.99. The molecule has 1 saturated carbocycles. The Morgan fingerprint density at radius 1 is 0.962 bits per heavy atom. The third kappa shape index (κ3) is 3.09. The van der Waals surface area contributed by atoms with Crippen molar-refractivity contribution in [2.75, 3.05) is 0 Å². The Morgan fingerprint density at radius 3 is 2.46 bits per heavy atom. The molecule has 1 nitrogen and oxygen atoms in total. The highest BCUT2D eigenvalue weighted by atomic mass is 19.2. The molecular formula is C22H20F3N. The minimum atomic E-state index is -0.849. The number of halogens is 3. The summed E-state index contributed by atoms with van der Waals surface area (Å²) in [5, 5.41) is 0. The molecule has 0 aromatic heterocycles. The third-order valence-corrected chi connectivity index (χ3v) is 5.55. The molecule has 1 heterocycles. The van der Waals surface area contributed by atoms with Crippen LogP contribution in [0.2, 0.25) is 0 Å². The van der Waals surface area contributed by atoms with E-state index in [4.69, 9.17) is 0 Å². The second-order valence-corrected chi connectivity index (χ2v) is 7.18. The number of aliphatic imine (C=N–C) groups is 1. The van der Waals surface area contributed by atoms with E-state index in [0.29, 0.717) is 24.3 Å². The van der Waals surface area contributed by atoms with Crippen LogP contribution in [0.4, 0.5) is 18.9 Å². The lowest BCUT2D eigenvalue weighted by Crippen LogP contribution is -2.15. The maximum atomic E-state index is 13.6. The molecule has 1 aliphatic heterocycles. The highest BCUT2D eigenvalue weighted by Crippen LogP contribution is 2.41. The molecule has 0 spiro atoms. The summed E-state index contributed by atoms with van der Waals surface area (Å²) in [7, 11) is 0. The van der Waals surface area contributed by atoms with Crippen LogP contribution in [0.5, 0.6) is 0 Å². The molecule has 1 unspecified atom stereocenters. The fourth-order valence-electron chi connectivity index (χ4n) is 3.96. The Hall–Kier alpha value is -2.36. The standard InChI is InChI=1S/C22H20F3N/c1-13(14-2-6-17(23)7-3-14)15-4-8-18-19(12-26-22(18)11-15)16-5-9-20(24)21(25)10-16/h4-5,8-12,14,17,19H,1-3,6-7H2. The van der Waals surface area contributed by atoms with E-state index in [1.54, 1.807) is 12.3 Å². The van der Waals surface area contributed by atoms with Crippen LogP contribution in [-0.4, -0.2) is 12.4 Å². The van der Waals surface area contributed by atoms with E-state index in [1.807, 2.05) is 18.2 Å². The average Bonchev–Trinajstić information content (AvgIpc) is 3.07. The first kappa shape index (κ1) is 17.1. The Labute approximate surface area is 151 Å². The smallest absolute Gasteiger partial charge is 0.159 e. The van der Waals surface area contributed by atoms with E-state index in [-0.39, 0.29) is 5.92 Å². The van der Waals surface area contributed by atoms with Crippen LogP contribution in [-0.2, 0) is 0 Å². The number of alkyl halides is 1. The quantitative estimate of drug-likeness (QED) is 0.608. The lowest BCUT2D eigenvalue weighted by atomic mass is 9.80. The van der Waals surface area contributed by atoms with Crippen molar-refractivity contribution in [3.8, 4) is 0 Å². The first-order valence-corrected chi connectivity index (χ1v) is 8.99. The Bertz CT molecular complexity index is 879. The number of hydrogen-bond donors (Lipinski definition) is 0. The molecule has 2 aromatic rings. The fourth-order valence-corrected chi connectivity index (χ4v) is 3.96. The van der Waals surface area contributed by atoms with E-state index in [0.717, 1.165) is 41.3 Å². The van der Waals surface area contributed by atoms with Gasteiger partial charge in [0.2, 0.25) is 0 Å². The molecule has 2 aromatic carbocycles. The highest BCUT2D eigenvalue weighted by Gasteiger charge is 2.25. The molecule has 26 heavy (non-hydrogen) atoms. The molecule has 0 radical (unpaired) electrons. The van der Waals surface area contributed by atoms with Crippen LogP contribution in [0.1, 0.15) is 48.3 Å². The molecule has 2 aliphatic rings. The van der Waals surface area contributed by atoms with Gasteiger partial charge in [-0.1, -0.05) is 24.8 Å². The van der Waals surface area contributed by atoms with Crippen molar-refractivity contribution in [2.45, 2.75) is 37.8 Å². The fraction of sp³-hybridized carbons (Fsp3) is 0.318. The summed E-state index contributed by atoms with van der Waals surface area (Å²) in [6, 6.07) is 9.94. The van der Waals surface area contributed by atoms with Crippen LogP contribution in [0.3, 0.4) is 0 Å². The van der Waals surface area contributed by atoms with Gasteiger partial charge in [-0.05, 0) is 72.1 Å². The van der Waals surface area contributed by atoms with Crippen molar-refractivity contribution < 1.29 is 13.2 Å². The van der Waals surface area contributed by atoms with Crippen LogP contribution >= 0.6 is 0 Å². The Kier molecular flexibility index (Phi) is 4.43. The number of allylic oxidation sites excluding steroid dienone is 1. The van der Waals surface area contributed by atoms with Crippen LogP contribution < -0.4 is 0 Å². The van der Waals surface area contributed by atoms with Crippen molar-refractivity contribution in [3.05, 3.63) is 71.3 Å². The molecule has 1 atom stereocenters. The molecule has 0 amide bonds. The molecule has 4 rings (SSSR count). The SMILES string of the molecule is C=C(c1ccc2c(c1)N=CC2c1ccc(F)c(F)c1)C1CCC(F)CC1. The lowest BCUT2D eigenvalue weighted by Gasteiger charge is -2.26. The van der Waals surface area contributed by atoms with Gasteiger partial charge in [0.1, 0.15) is 6.17 Å². The summed E-state index contributed by atoms with van der Waals surface area (Å²) in [6.45, 7) is 4.23. The second-order valence-electron chi connectivity index (χ2n) is 7.18. The summed E-state index contributed by atoms with van der Waals surface area (Å²) in [5.41, 5.74) is 4.54. The molecule has 0 N–H and O–H groups in total. The normalized spacial score (nSPS) is 24.5. The minimum Gasteiger partial charge on any atom is -0.260 e. The van der Waals surface area contributed by atoms with Gasteiger partial charge in [-0.25, -0.2) is 13.2 Å². The van der Waals surface area contributed by atoms with Gasteiger partial charge in [0.15, 0.2) is 11.6 Å².